The molecule has 0 bridgehead atoms. The van der Waals surface area contributed by atoms with E-state index in [0.29, 0.717) is 18.9 Å². The van der Waals surface area contributed by atoms with Crippen molar-refractivity contribution >= 4 is 6.09 Å². The van der Waals surface area contributed by atoms with Crippen LogP contribution in [-0.4, -0.2) is 35.3 Å². The average Bonchev–Trinajstić information content (AvgIpc) is 2.65. The number of hydrogen-bond donors (Lipinski definition) is 1. The monoisotopic (exact) mass is 354 g/mol. The van der Waals surface area contributed by atoms with Crippen LogP contribution in [0.1, 0.15) is 25.0 Å². The summed E-state index contributed by atoms with van der Waals surface area (Å²) in [6.07, 6.45) is 1.40. The zero-order valence-corrected chi connectivity index (χ0v) is 15.5. The Hall–Kier alpha value is -2.33. The van der Waals surface area contributed by atoms with Crippen LogP contribution in [0.25, 0.3) is 0 Å². The first kappa shape index (κ1) is 20.0. The second-order valence-electron chi connectivity index (χ2n) is 6.83. The average molecular weight is 354 g/mol. The molecule has 0 aliphatic carbocycles. The molecule has 4 heteroatoms. The molecule has 0 fully saturated rings. The van der Waals surface area contributed by atoms with Crippen LogP contribution in [0.15, 0.2) is 60.7 Å². The van der Waals surface area contributed by atoms with E-state index in [1.807, 2.05) is 80.9 Å². The summed E-state index contributed by atoms with van der Waals surface area (Å²) in [6, 6.07) is 19.5. The summed E-state index contributed by atoms with van der Waals surface area (Å²) in [5, 5.41) is 10.3. The van der Waals surface area contributed by atoms with Gasteiger partial charge in [-0.2, -0.15) is 0 Å². The van der Waals surface area contributed by atoms with Gasteiger partial charge in [-0.1, -0.05) is 74.5 Å². The molecule has 139 valence electrons. The number of aliphatic hydroxyl groups excluding tert-OH is 1. The zero-order valence-electron chi connectivity index (χ0n) is 15.5. The highest BCUT2D eigenvalue weighted by molar-refractivity contribution is 5.67. The molecule has 0 saturated carbocycles. The first-order valence-electron chi connectivity index (χ1n) is 9.05. The fourth-order valence-electron chi connectivity index (χ4n) is 2.66. The molecule has 0 heterocycles. The van der Waals surface area contributed by atoms with Crippen molar-refractivity contribution in [2.75, 3.05) is 13.1 Å². The van der Waals surface area contributed by atoms with E-state index in [2.05, 4.69) is 0 Å². The van der Waals surface area contributed by atoms with E-state index in [1.165, 1.54) is 0 Å². The molecule has 1 radical (unpaired) electrons. The standard InChI is InChI=1S/C22H28NO3/c1-18(2)15-23(22(25)26-17-20-11-7-4-8-12-20)16-21(24)14-13-19-9-5-3-6-10-19/h3-12,14,18,21,24H,13,15-17H2,1-2H3. The van der Waals surface area contributed by atoms with Crippen molar-refractivity contribution in [2.24, 2.45) is 5.92 Å². The molecule has 0 aliphatic rings. The molecule has 0 spiro atoms. The van der Waals surface area contributed by atoms with E-state index < -0.39 is 12.2 Å². The Balaban J connectivity index is 1.85. The van der Waals surface area contributed by atoms with Gasteiger partial charge in [-0.05, 0) is 29.9 Å². The van der Waals surface area contributed by atoms with E-state index in [9.17, 15) is 9.90 Å². The Morgan fingerprint density at radius 2 is 1.58 bits per heavy atom. The third-order valence-electron chi connectivity index (χ3n) is 3.92. The van der Waals surface area contributed by atoms with Crippen LogP contribution in [0.2, 0.25) is 0 Å². The van der Waals surface area contributed by atoms with Crippen molar-refractivity contribution < 1.29 is 14.6 Å². The van der Waals surface area contributed by atoms with Gasteiger partial charge in [-0.15, -0.1) is 0 Å². The van der Waals surface area contributed by atoms with Gasteiger partial charge in [0.15, 0.2) is 0 Å². The predicted octanol–water partition coefficient (Wildman–Crippen LogP) is 4.09. The maximum Gasteiger partial charge on any atom is 0.410 e. The summed E-state index contributed by atoms with van der Waals surface area (Å²) < 4.78 is 5.42. The van der Waals surface area contributed by atoms with Crippen LogP contribution in [-0.2, 0) is 17.8 Å². The quantitative estimate of drug-likeness (QED) is 0.738. The maximum absolute atomic E-state index is 12.4. The Bertz CT molecular complexity index is 643. The third kappa shape index (κ3) is 7.28. The molecule has 2 rings (SSSR count). The molecule has 1 atom stereocenters. The van der Waals surface area contributed by atoms with E-state index in [1.54, 1.807) is 4.90 Å². The number of aliphatic hydroxyl groups is 1. The molecule has 26 heavy (non-hydrogen) atoms. The molecular weight excluding hydrogens is 326 g/mol. The Kier molecular flexibility index (Phi) is 8.16. The van der Waals surface area contributed by atoms with Gasteiger partial charge in [0, 0.05) is 6.54 Å². The number of ether oxygens (including phenoxy) is 1. The minimum Gasteiger partial charge on any atom is -0.445 e. The molecule has 1 N–H and O–H groups in total. The van der Waals surface area contributed by atoms with Gasteiger partial charge in [0.05, 0.1) is 12.6 Å². The number of carbonyl (C=O) groups excluding carboxylic acids is 1. The van der Waals surface area contributed by atoms with E-state index in [0.717, 1.165) is 11.1 Å². The topological polar surface area (TPSA) is 49.8 Å². The summed E-state index contributed by atoms with van der Waals surface area (Å²) in [6.45, 7) is 5.09. The van der Waals surface area contributed by atoms with E-state index in [-0.39, 0.29) is 13.2 Å². The maximum atomic E-state index is 12.4. The lowest BCUT2D eigenvalue weighted by Gasteiger charge is -2.26. The molecule has 0 aromatic heterocycles. The molecule has 0 aliphatic heterocycles. The highest BCUT2D eigenvalue weighted by atomic mass is 16.6. The fourth-order valence-corrected chi connectivity index (χ4v) is 2.66. The Morgan fingerprint density at radius 1 is 1.00 bits per heavy atom. The Labute approximate surface area is 156 Å². The lowest BCUT2D eigenvalue weighted by molar-refractivity contribution is 0.0712. The van der Waals surface area contributed by atoms with Crippen molar-refractivity contribution in [3.05, 3.63) is 78.2 Å². The summed E-state index contributed by atoms with van der Waals surface area (Å²) in [5.41, 5.74) is 2.08. The molecule has 0 saturated heterocycles. The summed E-state index contributed by atoms with van der Waals surface area (Å²) >= 11 is 0. The summed E-state index contributed by atoms with van der Waals surface area (Å²) in [4.78, 5) is 14.0. The van der Waals surface area contributed by atoms with Gasteiger partial charge < -0.3 is 14.7 Å². The molecule has 2 aromatic rings. The number of amides is 1. The minimum absolute atomic E-state index is 0.234. The SMILES string of the molecule is CC(C)CN(CC(O)[CH]Cc1ccccc1)C(=O)OCc1ccccc1. The Morgan fingerprint density at radius 3 is 2.15 bits per heavy atom. The molecule has 1 unspecified atom stereocenters. The van der Waals surface area contributed by atoms with Crippen LogP contribution in [0.5, 0.6) is 0 Å². The number of rotatable bonds is 9. The normalized spacial score (nSPS) is 12.0. The number of carbonyl (C=O) groups is 1. The number of benzene rings is 2. The van der Waals surface area contributed by atoms with E-state index >= 15 is 0 Å². The lowest BCUT2D eigenvalue weighted by Crippen LogP contribution is -2.40. The summed E-state index contributed by atoms with van der Waals surface area (Å²) in [5.74, 6) is 0.292. The molecular formula is C22H28NO3. The first-order chi connectivity index (χ1) is 12.5. The van der Waals surface area contributed by atoms with Crippen LogP contribution < -0.4 is 0 Å². The van der Waals surface area contributed by atoms with Crippen LogP contribution >= 0.6 is 0 Å². The van der Waals surface area contributed by atoms with Gasteiger partial charge in [0.2, 0.25) is 0 Å². The molecule has 1 amide bonds. The summed E-state index contributed by atoms with van der Waals surface area (Å²) in [7, 11) is 0. The second kappa shape index (κ2) is 10.6. The van der Waals surface area contributed by atoms with Crippen molar-refractivity contribution in [1.82, 2.24) is 4.90 Å². The number of nitrogens with zero attached hydrogens (tertiary/aromatic N) is 1. The van der Waals surface area contributed by atoms with E-state index in [4.69, 9.17) is 4.74 Å². The highest BCUT2D eigenvalue weighted by Crippen LogP contribution is 2.10. The van der Waals surface area contributed by atoms with Crippen molar-refractivity contribution in [3.63, 3.8) is 0 Å². The second-order valence-corrected chi connectivity index (χ2v) is 6.83. The number of hydrogen-bond acceptors (Lipinski definition) is 3. The van der Waals surface area contributed by atoms with Crippen LogP contribution in [0.3, 0.4) is 0 Å². The molecule has 2 aromatic carbocycles. The van der Waals surface area contributed by atoms with Gasteiger partial charge in [0.1, 0.15) is 6.61 Å². The third-order valence-corrected chi connectivity index (χ3v) is 3.92. The minimum atomic E-state index is -0.696. The van der Waals surface area contributed by atoms with Crippen LogP contribution in [0, 0.1) is 12.3 Å². The largest absolute Gasteiger partial charge is 0.445 e. The van der Waals surface area contributed by atoms with Crippen LogP contribution in [0.4, 0.5) is 4.79 Å². The first-order valence-corrected chi connectivity index (χ1v) is 9.05. The smallest absolute Gasteiger partial charge is 0.410 e. The van der Waals surface area contributed by atoms with Gasteiger partial charge in [-0.3, -0.25) is 0 Å². The zero-order chi connectivity index (χ0) is 18.8. The van der Waals surface area contributed by atoms with Crippen molar-refractivity contribution in [2.45, 2.75) is 33.0 Å². The lowest BCUT2D eigenvalue weighted by atomic mass is 10.1. The van der Waals surface area contributed by atoms with Crippen molar-refractivity contribution in [3.8, 4) is 0 Å². The molecule has 4 nitrogen and oxygen atoms in total. The fraction of sp³-hybridized carbons (Fsp3) is 0.364. The van der Waals surface area contributed by atoms with Gasteiger partial charge in [0.25, 0.3) is 0 Å². The van der Waals surface area contributed by atoms with Crippen molar-refractivity contribution in [1.29, 1.82) is 0 Å². The van der Waals surface area contributed by atoms with Gasteiger partial charge in [-0.25, -0.2) is 4.79 Å². The predicted molar refractivity (Wildman–Crippen MR) is 103 cm³/mol. The highest BCUT2D eigenvalue weighted by Gasteiger charge is 2.20. The van der Waals surface area contributed by atoms with Gasteiger partial charge >= 0.3 is 6.09 Å².